The van der Waals surface area contributed by atoms with Crippen molar-refractivity contribution in [2.75, 3.05) is 0 Å². The van der Waals surface area contributed by atoms with Gasteiger partial charge in [0.1, 0.15) is 0 Å². The average molecular weight is 261 g/mol. The number of hydrogen-bond acceptors (Lipinski definition) is 2. The van der Waals surface area contributed by atoms with E-state index in [1.165, 1.54) is 50.6 Å². The molecular weight excluding hydrogens is 234 g/mol. The van der Waals surface area contributed by atoms with Crippen LogP contribution in [0.15, 0.2) is 12.5 Å². The van der Waals surface area contributed by atoms with Gasteiger partial charge in [0.05, 0.1) is 12.0 Å². The minimum absolute atomic E-state index is 0.781. The maximum Gasteiger partial charge on any atom is 0.0948 e. The Balaban J connectivity index is 1.45. The summed E-state index contributed by atoms with van der Waals surface area (Å²) in [6, 6.07) is 0.781. The summed E-state index contributed by atoms with van der Waals surface area (Å²) in [5, 5.41) is 3.58. The van der Waals surface area contributed by atoms with Gasteiger partial charge in [-0.3, -0.25) is 0 Å². The molecule has 0 atom stereocenters. The summed E-state index contributed by atoms with van der Waals surface area (Å²) in [4.78, 5) is 4.32. The van der Waals surface area contributed by atoms with Crippen molar-refractivity contribution in [1.82, 2.24) is 14.9 Å². The number of aryl methyl sites for hydroxylation is 1. The van der Waals surface area contributed by atoms with E-state index < -0.39 is 0 Å². The van der Waals surface area contributed by atoms with Gasteiger partial charge in [-0.15, -0.1) is 0 Å². The minimum Gasteiger partial charge on any atom is -0.333 e. The second-order valence-corrected chi connectivity index (χ2v) is 6.65. The van der Waals surface area contributed by atoms with E-state index in [0.717, 1.165) is 31.0 Å². The number of hydrogen-bond donors (Lipinski definition) is 1. The SMILES string of the molecule is CC1CCC(CCn2cncc2CNC2CC2)CC1. The highest BCUT2D eigenvalue weighted by Crippen LogP contribution is 2.30. The van der Waals surface area contributed by atoms with Crippen molar-refractivity contribution in [2.24, 2.45) is 11.8 Å². The van der Waals surface area contributed by atoms with Crippen molar-refractivity contribution in [2.45, 2.75) is 71.0 Å². The van der Waals surface area contributed by atoms with Crippen molar-refractivity contribution < 1.29 is 0 Å². The van der Waals surface area contributed by atoms with E-state index in [1.807, 2.05) is 12.5 Å². The van der Waals surface area contributed by atoms with Crippen LogP contribution in [0.5, 0.6) is 0 Å². The number of rotatable bonds is 6. The molecule has 1 aromatic rings. The quantitative estimate of drug-likeness (QED) is 0.851. The monoisotopic (exact) mass is 261 g/mol. The number of nitrogens with zero attached hydrogens (tertiary/aromatic N) is 2. The van der Waals surface area contributed by atoms with Gasteiger partial charge >= 0.3 is 0 Å². The molecule has 0 saturated heterocycles. The normalized spacial score (nSPS) is 27.6. The van der Waals surface area contributed by atoms with E-state index in [2.05, 4.69) is 21.8 Å². The van der Waals surface area contributed by atoms with Crippen LogP contribution in [-0.4, -0.2) is 15.6 Å². The smallest absolute Gasteiger partial charge is 0.0948 e. The lowest BCUT2D eigenvalue weighted by Crippen LogP contribution is -2.19. The lowest BCUT2D eigenvalue weighted by molar-refractivity contribution is 0.268. The molecular formula is C16H27N3. The third-order valence-corrected chi connectivity index (χ3v) is 4.86. The molecule has 1 aromatic heterocycles. The van der Waals surface area contributed by atoms with Gasteiger partial charge in [0, 0.05) is 25.3 Å². The molecule has 1 N–H and O–H groups in total. The van der Waals surface area contributed by atoms with Crippen molar-refractivity contribution >= 4 is 0 Å². The standard InChI is InChI=1S/C16H27N3/c1-13-2-4-14(5-3-13)8-9-19-12-17-10-16(19)11-18-15-6-7-15/h10,12-15,18H,2-9,11H2,1H3. The first-order valence-electron chi connectivity index (χ1n) is 8.03. The maximum absolute atomic E-state index is 4.32. The average Bonchev–Trinajstić information content (AvgIpc) is 3.15. The largest absolute Gasteiger partial charge is 0.333 e. The molecule has 3 nitrogen and oxygen atoms in total. The molecule has 2 aliphatic carbocycles. The number of aromatic nitrogens is 2. The van der Waals surface area contributed by atoms with Crippen LogP contribution in [0.2, 0.25) is 0 Å². The molecule has 2 fully saturated rings. The zero-order valence-corrected chi connectivity index (χ0v) is 12.1. The van der Waals surface area contributed by atoms with Crippen molar-refractivity contribution in [3.8, 4) is 0 Å². The molecule has 0 aliphatic heterocycles. The molecule has 0 bridgehead atoms. The molecule has 19 heavy (non-hydrogen) atoms. The summed E-state index contributed by atoms with van der Waals surface area (Å²) in [5.41, 5.74) is 1.36. The lowest BCUT2D eigenvalue weighted by Gasteiger charge is -2.26. The Hall–Kier alpha value is -0.830. The first-order valence-corrected chi connectivity index (χ1v) is 8.03. The molecule has 106 valence electrons. The zero-order chi connectivity index (χ0) is 13.1. The molecule has 0 spiro atoms. The summed E-state index contributed by atoms with van der Waals surface area (Å²) in [7, 11) is 0. The fourth-order valence-corrected chi connectivity index (χ4v) is 3.17. The lowest BCUT2D eigenvalue weighted by atomic mass is 9.81. The van der Waals surface area contributed by atoms with Gasteiger partial charge in [-0.2, -0.15) is 0 Å². The van der Waals surface area contributed by atoms with Gasteiger partial charge in [0.25, 0.3) is 0 Å². The maximum atomic E-state index is 4.32. The second-order valence-electron chi connectivity index (χ2n) is 6.65. The molecule has 0 amide bonds. The van der Waals surface area contributed by atoms with Gasteiger partial charge in [-0.1, -0.05) is 32.6 Å². The predicted molar refractivity (Wildman–Crippen MR) is 77.8 cm³/mol. The highest BCUT2D eigenvalue weighted by Gasteiger charge is 2.21. The second kappa shape index (κ2) is 6.08. The molecule has 2 aliphatic rings. The molecule has 3 heteroatoms. The summed E-state index contributed by atoms with van der Waals surface area (Å²) >= 11 is 0. The number of imidazole rings is 1. The van der Waals surface area contributed by atoms with Crippen LogP contribution < -0.4 is 5.32 Å². The van der Waals surface area contributed by atoms with Gasteiger partial charge in [-0.05, 0) is 31.1 Å². The van der Waals surface area contributed by atoms with Crippen LogP contribution >= 0.6 is 0 Å². The fraction of sp³-hybridized carbons (Fsp3) is 0.812. The fourth-order valence-electron chi connectivity index (χ4n) is 3.17. The Bertz CT molecular complexity index is 386. The van der Waals surface area contributed by atoms with Gasteiger partial charge < -0.3 is 9.88 Å². The van der Waals surface area contributed by atoms with Crippen LogP contribution in [0, 0.1) is 11.8 Å². The minimum atomic E-state index is 0.781. The molecule has 0 aromatic carbocycles. The highest BCUT2D eigenvalue weighted by molar-refractivity contribution is 4.99. The predicted octanol–water partition coefficient (Wildman–Crippen LogP) is 3.35. The Labute approximate surface area is 116 Å². The molecule has 3 rings (SSSR count). The van der Waals surface area contributed by atoms with Crippen molar-refractivity contribution in [3.63, 3.8) is 0 Å². The van der Waals surface area contributed by atoms with Crippen LogP contribution in [-0.2, 0) is 13.1 Å². The Morgan fingerprint density at radius 2 is 2.00 bits per heavy atom. The summed E-state index contributed by atoms with van der Waals surface area (Å²) < 4.78 is 2.35. The third kappa shape index (κ3) is 3.82. The summed E-state index contributed by atoms with van der Waals surface area (Å²) in [5.74, 6) is 1.91. The topological polar surface area (TPSA) is 29.9 Å². The molecule has 0 unspecified atom stereocenters. The molecule has 0 radical (unpaired) electrons. The van der Waals surface area contributed by atoms with E-state index in [1.54, 1.807) is 0 Å². The van der Waals surface area contributed by atoms with Crippen LogP contribution in [0.3, 0.4) is 0 Å². The van der Waals surface area contributed by atoms with Crippen molar-refractivity contribution in [1.29, 1.82) is 0 Å². The summed E-state index contributed by atoms with van der Waals surface area (Å²) in [6.07, 6.45) is 13.8. The van der Waals surface area contributed by atoms with Gasteiger partial charge in [0.15, 0.2) is 0 Å². The van der Waals surface area contributed by atoms with Gasteiger partial charge in [-0.25, -0.2) is 4.98 Å². The molecule has 1 heterocycles. The van der Waals surface area contributed by atoms with E-state index >= 15 is 0 Å². The highest BCUT2D eigenvalue weighted by atomic mass is 15.1. The summed E-state index contributed by atoms with van der Waals surface area (Å²) in [6.45, 7) is 4.54. The first kappa shape index (κ1) is 13.2. The Kier molecular flexibility index (Phi) is 4.21. The zero-order valence-electron chi connectivity index (χ0n) is 12.1. The van der Waals surface area contributed by atoms with Crippen LogP contribution in [0.1, 0.15) is 57.6 Å². The van der Waals surface area contributed by atoms with Crippen molar-refractivity contribution in [3.05, 3.63) is 18.2 Å². The molecule has 2 saturated carbocycles. The van der Waals surface area contributed by atoms with E-state index in [0.29, 0.717) is 0 Å². The Morgan fingerprint density at radius 1 is 1.21 bits per heavy atom. The number of nitrogens with one attached hydrogen (secondary N) is 1. The van der Waals surface area contributed by atoms with Crippen LogP contribution in [0.25, 0.3) is 0 Å². The van der Waals surface area contributed by atoms with E-state index in [9.17, 15) is 0 Å². The van der Waals surface area contributed by atoms with E-state index in [4.69, 9.17) is 0 Å². The third-order valence-electron chi connectivity index (χ3n) is 4.86. The Morgan fingerprint density at radius 3 is 2.74 bits per heavy atom. The van der Waals surface area contributed by atoms with Gasteiger partial charge in [0.2, 0.25) is 0 Å². The first-order chi connectivity index (χ1) is 9.31. The van der Waals surface area contributed by atoms with E-state index in [-0.39, 0.29) is 0 Å². The van der Waals surface area contributed by atoms with Crippen LogP contribution in [0.4, 0.5) is 0 Å².